The molecule has 0 saturated heterocycles. The van der Waals surface area contributed by atoms with Gasteiger partial charge in [0.25, 0.3) is 10.0 Å². The van der Waals surface area contributed by atoms with E-state index >= 15 is 0 Å². The molecule has 0 radical (unpaired) electrons. The van der Waals surface area contributed by atoms with Gasteiger partial charge in [0.05, 0.1) is 6.26 Å². The molecule has 0 aromatic heterocycles. The van der Waals surface area contributed by atoms with Gasteiger partial charge in [-0.25, -0.2) is 8.42 Å². The molecule has 0 N–H and O–H groups in total. The van der Waals surface area contributed by atoms with Crippen molar-refractivity contribution in [2.45, 2.75) is 0 Å². The average Bonchev–Trinajstić information content (AvgIpc) is 1.59. The highest BCUT2D eigenvalue weighted by Crippen LogP contribution is 1.80. The maximum atomic E-state index is 10.3. The van der Waals surface area contributed by atoms with Gasteiger partial charge in [-0.15, -0.1) is 0 Å². The van der Waals surface area contributed by atoms with E-state index in [0.29, 0.717) is 0 Å². The Morgan fingerprint density at radius 3 is 2.00 bits per heavy atom. The van der Waals surface area contributed by atoms with Gasteiger partial charge in [0, 0.05) is 14.1 Å². The third-order valence-electron chi connectivity index (χ3n) is 0.470. The largest absolute Gasteiger partial charge is 0.368 e. The van der Waals surface area contributed by atoms with Crippen LogP contribution in [0.5, 0.6) is 0 Å². The highest BCUT2D eigenvalue weighted by Gasteiger charge is 1.91. The maximum absolute atomic E-state index is 10.3. The molecule has 9 heavy (non-hydrogen) atoms. The Kier molecular flexibility index (Phi) is 2.64. The first-order valence-corrected chi connectivity index (χ1v) is 4.18. The summed E-state index contributed by atoms with van der Waals surface area (Å²) >= 11 is 0. The Morgan fingerprint density at radius 2 is 1.89 bits per heavy atom. The monoisotopic (exact) mass is 150 g/mol. The van der Waals surface area contributed by atoms with Gasteiger partial charge in [-0.2, -0.15) is 4.40 Å². The molecule has 0 aliphatic carbocycles. The summed E-state index contributed by atoms with van der Waals surface area (Å²) in [5.74, 6) is 0. The molecule has 5 heteroatoms. The molecular weight excluding hydrogens is 140 g/mol. The molecule has 0 bridgehead atoms. The fourth-order valence-corrected chi connectivity index (χ4v) is 0.540. The molecule has 0 amide bonds. The van der Waals surface area contributed by atoms with Crippen LogP contribution in [-0.4, -0.2) is 40.0 Å². The molecule has 4 nitrogen and oxygen atoms in total. The second-order valence-corrected chi connectivity index (χ2v) is 3.59. The fourth-order valence-electron chi connectivity index (χ4n) is 0.180. The van der Waals surface area contributed by atoms with Crippen LogP contribution in [0.4, 0.5) is 0 Å². The Labute approximate surface area is 55.3 Å². The van der Waals surface area contributed by atoms with Gasteiger partial charge in [-0.3, -0.25) is 0 Å². The summed E-state index contributed by atoms with van der Waals surface area (Å²) in [6.45, 7) is 0. The fraction of sp³-hybridized carbons (Fsp3) is 0.750. The van der Waals surface area contributed by atoms with E-state index in [0.717, 1.165) is 6.26 Å². The van der Waals surface area contributed by atoms with Crippen LogP contribution in [-0.2, 0) is 10.0 Å². The summed E-state index contributed by atoms with van der Waals surface area (Å²) in [6.07, 6.45) is 2.29. The minimum absolute atomic E-state index is 1.05. The van der Waals surface area contributed by atoms with Gasteiger partial charge in [-0.1, -0.05) is 0 Å². The molecule has 0 saturated carbocycles. The first-order chi connectivity index (χ1) is 3.92. The van der Waals surface area contributed by atoms with E-state index in [1.807, 2.05) is 0 Å². The Bertz CT molecular complexity index is 193. The molecule has 54 valence electrons. The van der Waals surface area contributed by atoms with Gasteiger partial charge in [0.1, 0.15) is 6.34 Å². The van der Waals surface area contributed by atoms with E-state index in [4.69, 9.17) is 0 Å². The molecule has 0 unspecified atom stereocenters. The third kappa shape index (κ3) is 7.42. The minimum atomic E-state index is -3.19. The quantitative estimate of drug-likeness (QED) is 0.395. The van der Waals surface area contributed by atoms with Crippen molar-refractivity contribution in [1.29, 1.82) is 0 Å². The molecule has 0 aromatic rings. The van der Waals surface area contributed by atoms with Crippen LogP contribution in [0.15, 0.2) is 4.40 Å². The van der Waals surface area contributed by atoms with Crippen LogP contribution in [0.2, 0.25) is 0 Å². The summed E-state index contributed by atoms with van der Waals surface area (Å²) in [6, 6.07) is 0. The lowest BCUT2D eigenvalue weighted by atomic mass is 11.0. The van der Waals surface area contributed by atoms with Crippen molar-refractivity contribution in [2.75, 3.05) is 20.4 Å². The predicted molar refractivity (Wildman–Crippen MR) is 37.0 cm³/mol. The first-order valence-electron chi connectivity index (χ1n) is 2.33. The first kappa shape index (κ1) is 8.42. The number of hydrogen-bond acceptors (Lipinski definition) is 2. The second-order valence-electron chi connectivity index (χ2n) is 1.92. The average molecular weight is 150 g/mol. The molecular formula is C4H10N2O2S. The zero-order valence-electron chi connectivity index (χ0n) is 5.70. The van der Waals surface area contributed by atoms with Crippen LogP contribution in [0.1, 0.15) is 0 Å². The summed E-state index contributed by atoms with van der Waals surface area (Å²) in [4.78, 5) is 1.56. The van der Waals surface area contributed by atoms with E-state index in [9.17, 15) is 8.42 Å². The van der Waals surface area contributed by atoms with Gasteiger partial charge in [-0.05, 0) is 0 Å². The van der Waals surface area contributed by atoms with E-state index in [2.05, 4.69) is 4.40 Å². The molecule has 0 heterocycles. The number of sulfonamides is 1. The summed E-state index contributed by atoms with van der Waals surface area (Å²) < 4.78 is 23.9. The second kappa shape index (κ2) is 2.82. The van der Waals surface area contributed by atoms with E-state index < -0.39 is 10.0 Å². The molecule has 0 aliphatic heterocycles. The number of rotatable bonds is 2. The lowest BCUT2D eigenvalue weighted by Crippen LogP contribution is -2.09. The van der Waals surface area contributed by atoms with Crippen molar-refractivity contribution >= 4 is 16.4 Å². The van der Waals surface area contributed by atoms with E-state index in [1.54, 1.807) is 19.0 Å². The predicted octanol–water partition coefficient (Wildman–Crippen LogP) is -0.464. The van der Waals surface area contributed by atoms with Crippen molar-refractivity contribution < 1.29 is 8.42 Å². The molecule has 0 spiro atoms. The zero-order valence-corrected chi connectivity index (χ0v) is 6.51. The van der Waals surface area contributed by atoms with Crippen molar-refractivity contribution in [1.82, 2.24) is 4.90 Å². The Balaban J connectivity index is 4.03. The smallest absolute Gasteiger partial charge is 0.251 e. The summed E-state index contributed by atoms with van der Waals surface area (Å²) in [5, 5.41) is 0. The molecule has 0 atom stereocenters. The van der Waals surface area contributed by atoms with Crippen LogP contribution >= 0.6 is 0 Å². The SMILES string of the molecule is CN(C)/C=N\S(C)(=O)=O. The topological polar surface area (TPSA) is 49.7 Å². The Hall–Kier alpha value is -0.580. The van der Waals surface area contributed by atoms with Gasteiger partial charge in [0.15, 0.2) is 0 Å². The molecule has 0 rings (SSSR count). The Morgan fingerprint density at radius 1 is 1.44 bits per heavy atom. The van der Waals surface area contributed by atoms with Crippen LogP contribution in [0.3, 0.4) is 0 Å². The molecule has 0 aliphatic rings. The molecule has 0 fully saturated rings. The molecule has 0 aromatic carbocycles. The van der Waals surface area contributed by atoms with Crippen molar-refractivity contribution in [3.63, 3.8) is 0 Å². The number of nitrogens with zero attached hydrogens (tertiary/aromatic N) is 2. The highest BCUT2D eigenvalue weighted by atomic mass is 32.2. The van der Waals surface area contributed by atoms with Crippen LogP contribution in [0.25, 0.3) is 0 Å². The van der Waals surface area contributed by atoms with Crippen LogP contribution < -0.4 is 0 Å². The van der Waals surface area contributed by atoms with E-state index in [1.165, 1.54) is 6.34 Å². The van der Waals surface area contributed by atoms with Crippen molar-refractivity contribution in [2.24, 2.45) is 4.40 Å². The minimum Gasteiger partial charge on any atom is -0.368 e. The van der Waals surface area contributed by atoms with Crippen molar-refractivity contribution in [3.8, 4) is 0 Å². The third-order valence-corrected chi connectivity index (χ3v) is 0.947. The van der Waals surface area contributed by atoms with Crippen molar-refractivity contribution in [3.05, 3.63) is 0 Å². The van der Waals surface area contributed by atoms with Gasteiger partial charge < -0.3 is 4.90 Å². The summed E-state index contributed by atoms with van der Waals surface area (Å²) in [5.41, 5.74) is 0. The number of hydrogen-bond donors (Lipinski definition) is 0. The normalized spacial score (nSPS) is 12.3. The highest BCUT2D eigenvalue weighted by molar-refractivity contribution is 7.89. The lowest BCUT2D eigenvalue weighted by molar-refractivity contribution is 0.600. The van der Waals surface area contributed by atoms with Crippen LogP contribution in [0, 0.1) is 0 Å². The van der Waals surface area contributed by atoms with Gasteiger partial charge in [0.2, 0.25) is 0 Å². The maximum Gasteiger partial charge on any atom is 0.251 e. The van der Waals surface area contributed by atoms with Gasteiger partial charge >= 0.3 is 0 Å². The lowest BCUT2D eigenvalue weighted by Gasteiger charge is -1.99. The summed E-state index contributed by atoms with van der Waals surface area (Å²) in [7, 11) is 0.215. The standard InChI is InChI=1S/C4H10N2O2S/c1-6(2)4-5-9(3,7)8/h4H,1-3H3/b5-4-. The van der Waals surface area contributed by atoms with E-state index in [-0.39, 0.29) is 0 Å². The zero-order chi connectivity index (χ0) is 7.49.